The van der Waals surface area contributed by atoms with Gasteiger partial charge >= 0.3 is 11.9 Å². The molecule has 0 fully saturated rings. The molecule has 1 aromatic rings. The number of fused-ring (bicyclic) bond motifs is 1. The van der Waals surface area contributed by atoms with Crippen LogP contribution in [0.1, 0.15) is 23.7 Å². The molecule has 0 radical (unpaired) electrons. The van der Waals surface area contributed by atoms with Crippen LogP contribution in [0.3, 0.4) is 0 Å². The van der Waals surface area contributed by atoms with Crippen LogP contribution in [0.25, 0.3) is 0 Å². The zero-order chi connectivity index (χ0) is 12.3. The second kappa shape index (κ2) is 5.23. The van der Waals surface area contributed by atoms with Crippen LogP contribution in [0.4, 0.5) is 0 Å². The van der Waals surface area contributed by atoms with Crippen molar-refractivity contribution in [2.75, 3.05) is 6.61 Å². The zero-order valence-corrected chi connectivity index (χ0v) is 10.2. The lowest BCUT2D eigenvalue weighted by molar-refractivity contribution is -0.144. The topological polar surface area (TPSA) is 52.6 Å². The third kappa shape index (κ3) is 2.79. The minimum atomic E-state index is -0.489. The lowest BCUT2D eigenvalue weighted by Gasteiger charge is -2.22. The third-order valence-corrected chi connectivity index (χ3v) is 3.38. The van der Waals surface area contributed by atoms with Gasteiger partial charge in [-0.3, -0.25) is 4.79 Å². The summed E-state index contributed by atoms with van der Waals surface area (Å²) in [6.07, 6.45) is 0.0819. The maximum absolute atomic E-state index is 11.6. The van der Waals surface area contributed by atoms with E-state index in [1.165, 1.54) is 11.8 Å². The van der Waals surface area contributed by atoms with Crippen molar-refractivity contribution in [1.29, 1.82) is 0 Å². The van der Waals surface area contributed by atoms with Crippen LogP contribution in [0.15, 0.2) is 29.2 Å². The largest absolute Gasteiger partial charge is 0.466 e. The van der Waals surface area contributed by atoms with Crippen LogP contribution < -0.4 is 0 Å². The Hall–Kier alpha value is -1.49. The van der Waals surface area contributed by atoms with Gasteiger partial charge in [0, 0.05) is 4.90 Å². The number of ether oxygens (including phenoxy) is 2. The van der Waals surface area contributed by atoms with Crippen LogP contribution in [0, 0.1) is 0 Å². The Morgan fingerprint density at radius 3 is 3.00 bits per heavy atom. The number of esters is 2. The molecule has 1 heterocycles. The molecule has 0 amide bonds. The van der Waals surface area contributed by atoms with Crippen LogP contribution >= 0.6 is 11.8 Å². The predicted molar refractivity (Wildman–Crippen MR) is 62.8 cm³/mol. The fourth-order valence-corrected chi connectivity index (χ4v) is 2.60. The molecule has 1 aliphatic rings. The van der Waals surface area contributed by atoms with Gasteiger partial charge in [0.25, 0.3) is 0 Å². The summed E-state index contributed by atoms with van der Waals surface area (Å²) in [6, 6.07) is 7.20. The summed E-state index contributed by atoms with van der Waals surface area (Å²) in [7, 11) is 0. The van der Waals surface area contributed by atoms with Crippen molar-refractivity contribution in [3.8, 4) is 0 Å². The highest BCUT2D eigenvalue weighted by Gasteiger charge is 2.28. The first-order chi connectivity index (χ1) is 8.20. The Morgan fingerprint density at radius 1 is 1.47 bits per heavy atom. The molecule has 0 N–H and O–H groups in total. The van der Waals surface area contributed by atoms with E-state index in [1.807, 2.05) is 12.1 Å². The Balaban J connectivity index is 2.07. The highest BCUT2D eigenvalue weighted by Crippen LogP contribution is 2.34. The molecule has 1 atom stereocenters. The molecule has 4 nitrogen and oxygen atoms in total. The van der Waals surface area contributed by atoms with Crippen molar-refractivity contribution in [2.24, 2.45) is 0 Å². The molecule has 2 rings (SSSR count). The third-order valence-electron chi connectivity index (χ3n) is 2.24. The molecule has 0 saturated carbocycles. The standard InChI is InChI=1S/C12H12O4S/c1-2-15-10(13)7-11-16-12(14)8-5-3-4-6-9(8)17-11/h3-6,11H,2,7H2,1H3. The van der Waals surface area contributed by atoms with Gasteiger partial charge in [0.1, 0.15) is 0 Å². The molecular formula is C12H12O4S. The van der Waals surface area contributed by atoms with E-state index in [-0.39, 0.29) is 18.4 Å². The first kappa shape index (κ1) is 12.0. The number of hydrogen-bond donors (Lipinski definition) is 0. The van der Waals surface area contributed by atoms with Crippen LogP contribution in [-0.4, -0.2) is 24.0 Å². The second-order valence-corrected chi connectivity index (χ2v) is 4.66. The molecule has 17 heavy (non-hydrogen) atoms. The van der Waals surface area contributed by atoms with Gasteiger partial charge in [0.15, 0.2) is 5.44 Å². The Labute approximate surface area is 103 Å². The summed E-state index contributed by atoms with van der Waals surface area (Å²) in [5.41, 5.74) is 0.0639. The van der Waals surface area contributed by atoms with Gasteiger partial charge < -0.3 is 9.47 Å². The van der Waals surface area contributed by atoms with Crippen molar-refractivity contribution in [3.05, 3.63) is 29.8 Å². The van der Waals surface area contributed by atoms with E-state index in [4.69, 9.17) is 9.47 Å². The minimum Gasteiger partial charge on any atom is -0.466 e. The average molecular weight is 252 g/mol. The minimum absolute atomic E-state index is 0.0819. The van der Waals surface area contributed by atoms with Gasteiger partial charge in [-0.05, 0) is 19.1 Å². The van der Waals surface area contributed by atoms with Crippen LogP contribution in [0.5, 0.6) is 0 Å². The van der Waals surface area contributed by atoms with E-state index < -0.39 is 5.44 Å². The average Bonchev–Trinajstić information content (AvgIpc) is 2.29. The van der Waals surface area contributed by atoms with Crippen molar-refractivity contribution in [2.45, 2.75) is 23.7 Å². The number of cyclic esters (lactones) is 1. The maximum atomic E-state index is 11.6. The number of rotatable bonds is 3. The molecule has 0 aliphatic carbocycles. The fraction of sp³-hybridized carbons (Fsp3) is 0.333. The number of benzene rings is 1. The molecule has 1 unspecified atom stereocenters. The summed E-state index contributed by atoms with van der Waals surface area (Å²) in [4.78, 5) is 23.8. The number of carbonyl (C=O) groups excluding carboxylic acids is 2. The smallest absolute Gasteiger partial charge is 0.340 e. The lowest BCUT2D eigenvalue weighted by atomic mass is 10.2. The normalized spacial score (nSPS) is 18.2. The summed E-state index contributed by atoms with van der Waals surface area (Å²) >= 11 is 1.37. The molecule has 1 aliphatic heterocycles. The molecular weight excluding hydrogens is 240 g/mol. The highest BCUT2D eigenvalue weighted by atomic mass is 32.2. The molecule has 0 saturated heterocycles. The van der Waals surface area contributed by atoms with E-state index in [2.05, 4.69) is 0 Å². The van der Waals surface area contributed by atoms with E-state index >= 15 is 0 Å². The summed E-state index contributed by atoms with van der Waals surface area (Å²) < 4.78 is 9.98. The van der Waals surface area contributed by atoms with Gasteiger partial charge in [-0.15, -0.1) is 0 Å². The Morgan fingerprint density at radius 2 is 2.24 bits per heavy atom. The van der Waals surface area contributed by atoms with Crippen LogP contribution in [-0.2, 0) is 14.3 Å². The Bertz CT molecular complexity index is 444. The quantitative estimate of drug-likeness (QED) is 0.772. The molecule has 0 aromatic heterocycles. The van der Waals surface area contributed by atoms with Gasteiger partial charge in [-0.25, -0.2) is 4.79 Å². The number of thioether (sulfide) groups is 1. The van der Waals surface area contributed by atoms with Gasteiger partial charge in [0.2, 0.25) is 0 Å². The van der Waals surface area contributed by atoms with E-state index in [0.717, 1.165) is 4.90 Å². The Kier molecular flexibility index (Phi) is 3.68. The predicted octanol–water partition coefficient (Wildman–Crippen LogP) is 2.23. The maximum Gasteiger partial charge on any atom is 0.340 e. The zero-order valence-electron chi connectivity index (χ0n) is 9.34. The molecule has 0 spiro atoms. The summed E-state index contributed by atoms with van der Waals surface area (Å²) in [5, 5.41) is 0. The first-order valence-corrected chi connectivity index (χ1v) is 6.21. The van der Waals surface area contributed by atoms with Gasteiger partial charge in [0.05, 0.1) is 18.6 Å². The summed E-state index contributed by atoms with van der Waals surface area (Å²) in [5.74, 6) is -0.731. The highest BCUT2D eigenvalue weighted by molar-refractivity contribution is 8.00. The molecule has 0 bridgehead atoms. The first-order valence-electron chi connectivity index (χ1n) is 5.33. The van der Waals surface area contributed by atoms with E-state index in [0.29, 0.717) is 12.2 Å². The summed E-state index contributed by atoms with van der Waals surface area (Å²) in [6.45, 7) is 2.08. The monoisotopic (exact) mass is 252 g/mol. The van der Waals surface area contributed by atoms with E-state index in [9.17, 15) is 9.59 Å². The van der Waals surface area contributed by atoms with Gasteiger partial charge in [-0.1, -0.05) is 23.9 Å². The van der Waals surface area contributed by atoms with Crippen molar-refractivity contribution in [3.63, 3.8) is 0 Å². The van der Waals surface area contributed by atoms with Crippen LogP contribution in [0.2, 0.25) is 0 Å². The van der Waals surface area contributed by atoms with Crippen molar-refractivity contribution in [1.82, 2.24) is 0 Å². The van der Waals surface area contributed by atoms with E-state index in [1.54, 1.807) is 19.1 Å². The molecule has 1 aromatic carbocycles. The number of hydrogen-bond acceptors (Lipinski definition) is 5. The van der Waals surface area contributed by atoms with Gasteiger partial charge in [-0.2, -0.15) is 0 Å². The fourth-order valence-electron chi connectivity index (χ4n) is 1.53. The SMILES string of the molecule is CCOC(=O)CC1OC(=O)c2ccccc2S1. The van der Waals surface area contributed by atoms with Crippen molar-refractivity contribution < 1.29 is 19.1 Å². The molecule has 90 valence electrons. The molecule has 5 heteroatoms. The van der Waals surface area contributed by atoms with Crippen molar-refractivity contribution >= 4 is 23.7 Å². The lowest BCUT2D eigenvalue weighted by Crippen LogP contribution is -2.24. The number of carbonyl (C=O) groups is 2. The second-order valence-electron chi connectivity index (χ2n) is 3.46.